The van der Waals surface area contributed by atoms with Crippen LogP contribution in [0.4, 0.5) is 0 Å². The zero-order chi connectivity index (χ0) is 13.9. The summed E-state index contributed by atoms with van der Waals surface area (Å²) in [4.78, 5) is 0. The highest BCUT2D eigenvalue weighted by Crippen LogP contribution is 2.36. The number of phenolic OH excluding ortho intramolecular Hbond substituents is 1. The van der Waals surface area contributed by atoms with E-state index in [1.807, 2.05) is 29.2 Å². The molecule has 106 valence electrons. The molecule has 20 heavy (non-hydrogen) atoms. The van der Waals surface area contributed by atoms with E-state index in [2.05, 4.69) is 23.4 Å². The number of fused-ring (bicyclic) bond motifs is 1. The second-order valence-electron chi connectivity index (χ2n) is 5.56. The molecule has 0 spiro atoms. The Morgan fingerprint density at radius 1 is 1.45 bits per heavy atom. The fourth-order valence-electron chi connectivity index (χ4n) is 2.99. The fourth-order valence-corrected chi connectivity index (χ4v) is 2.99. The van der Waals surface area contributed by atoms with Crippen LogP contribution in [0, 0.1) is 0 Å². The predicted molar refractivity (Wildman–Crippen MR) is 78.6 cm³/mol. The van der Waals surface area contributed by atoms with Crippen LogP contribution in [-0.4, -0.2) is 20.9 Å². The molecule has 0 saturated carbocycles. The summed E-state index contributed by atoms with van der Waals surface area (Å²) in [5.41, 5.74) is 2.38. The van der Waals surface area contributed by atoms with Gasteiger partial charge in [0, 0.05) is 31.0 Å². The topological polar surface area (TPSA) is 50.1 Å². The minimum absolute atomic E-state index is 0.365. The molecular weight excluding hydrogens is 250 g/mol. The van der Waals surface area contributed by atoms with Gasteiger partial charge in [-0.05, 0) is 49.4 Å². The Kier molecular flexibility index (Phi) is 3.74. The van der Waals surface area contributed by atoms with Crippen LogP contribution >= 0.6 is 0 Å². The number of hydrogen-bond acceptors (Lipinski definition) is 3. The SMILES string of the molecule is CC(CCn1cccn1)NC1CCc2c(O)cccc21. The van der Waals surface area contributed by atoms with Gasteiger partial charge in [0.2, 0.25) is 0 Å². The second-order valence-corrected chi connectivity index (χ2v) is 5.56. The van der Waals surface area contributed by atoms with Gasteiger partial charge < -0.3 is 10.4 Å². The molecule has 0 saturated heterocycles. The Hall–Kier alpha value is -1.81. The third-order valence-electron chi connectivity index (χ3n) is 4.08. The molecule has 0 bridgehead atoms. The molecule has 4 nitrogen and oxygen atoms in total. The fraction of sp³-hybridized carbons (Fsp3) is 0.438. The van der Waals surface area contributed by atoms with E-state index in [0.717, 1.165) is 31.4 Å². The van der Waals surface area contributed by atoms with Crippen LogP contribution < -0.4 is 5.32 Å². The Balaban J connectivity index is 1.58. The van der Waals surface area contributed by atoms with Crippen molar-refractivity contribution in [2.45, 2.75) is 44.8 Å². The first-order valence-electron chi connectivity index (χ1n) is 7.28. The van der Waals surface area contributed by atoms with Crippen molar-refractivity contribution in [3.05, 3.63) is 47.8 Å². The number of aryl methyl sites for hydroxylation is 1. The first-order chi connectivity index (χ1) is 9.74. The lowest BCUT2D eigenvalue weighted by Crippen LogP contribution is -2.30. The van der Waals surface area contributed by atoms with E-state index in [4.69, 9.17) is 0 Å². The highest BCUT2D eigenvalue weighted by Gasteiger charge is 2.25. The summed E-state index contributed by atoms with van der Waals surface area (Å²) in [6.07, 6.45) is 6.89. The molecule has 2 aromatic rings. The van der Waals surface area contributed by atoms with E-state index in [0.29, 0.717) is 17.8 Å². The van der Waals surface area contributed by atoms with E-state index in [1.165, 1.54) is 5.56 Å². The van der Waals surface area contributed by atoms with Gasteiger partial charge in [-0.15, -0.1) is 0 Å². The number of nitrogens with one attached hydrogen (secondary N) is 1. The monoisotopic (exact) mass is 271 g/mol. The first-order valence-corrected chi connectivity index (χ1v) is 7.28. The normalized spacial score (nSPS) is 18.9. The number of nitrogens with zero attached hydrogens (tertiary/aromatic N) is 2. The van der Waals surface area contributed by atoms with Gasteiger partial charge in [0.05, 0.1) is 0 Å². The lowest BCUT2D eigenvalue weighted by atomic mass is 10.1. The molecule has 3 rings (SSSR count). The van der Waals surface area contributed by atoms with Gasteiger partial charge in [0.15, 0.2) is 0 Å². The van der Waals surface area contributed by atoms with Crippen molar-refractivity contribution in [2.75, 3.05) is 0 Å². The first kappa shape index (κ1) is 13.2. The van der Waals surface area contributed by atoms with Crippen molar-refractivity contribution in [1.29, 1.82) is 0 Å². The van der Waals surface area contributed by atoms with Gasteiger partial charge >= 0.3 is 0 Å². The van der Waals surface area contributed by atoms with Crippen LogP contribution in [0.15, 0.2) is 36.7 Å². The Morgan fingerprint density at radius 2 is 2.35 bits per heavy atom. The highest BCUT2D eigenvalue weighted by atomic mass is 16.3. The highest BCUT2D eigenvalue weighted by molar-refractivity contribution is 5.44. The molecule has 1 aliphatic rings. The van der Waals surface area contributed by atoms with E-state index in [-0.39, 0.29) is 0 Å². The van der Waals surface area contributed by atoms with E-state index in [9.17, 15) is 5.11 Å². The summed E-state index contributed by atoms with van der Waals surface area (Å²) in [6.45, 7) is 3.14. The van der Waals surface area contributed by atoms with E-state index < -0.39 is 0 Å². The molecule has 4 heteroatoms. The molecule has 1 aliphatic carbocycles. The molecule has 2 atom stereocenters. The standard InChI is InChI=1S/C16H21N3O/c1-12(8-11-19-10-3-9-17-19)18-15-7-6-14-13(15)4-2-5-16(14)20/h2-5,9-10,12,15,18,20H,6-8,11H2,1H3. The molecule has 1 aromatic carbocycles. The summed E-state index contributed by atoms with van der Waals surface area (Å²) < 4.78 is 1.96. The smallest absolute Gasteiger partial charge is 0.119 e. The predicted octanol–water partition coefficient (Wildman–Crippen LogP) is 2.64. The molecule has 0 fully saturated rings. The number of phenols is 1. The Morgan fingerprint density at radius 3 is 3.15 bits per heavy atom. The zero-order valence-electron chi connectivity index (χ0n) is 11.8. The van der Waals surface area contributed by atoms with Crippen molar-refractivity contribution in [3.8, 4) is 5.75 Å². The summed E-state index contributed by atoms with van der Waals surface area (Å²) in [6, 6.07) is 8.58. The Labute approximate surface area is 119 Å². The lowest BCUT2D eigenvalue weighted by molar-refractivity contribution is 0.406. The van der Waals surface area contributed by atoms with Gasteiger partial charge in [-0.2, -0.15) is 5.10 Å². The number of benzene rings is 1. The van der Waals surface area contributed by atoms with Crippen LogP contribution in [-0.2, 0) is 13.0 Å². The van der Waals surface area contributed by atoms with Gasteiger partial charge in [-0.3, -0.25) is 4.68 Å². The minimum Gasteiger partial charge on any atom is -0.508 e. The Bertz CT molecular complexity index is 565. The largest absolute Gasteiger partial charge is 0.508 e. The maximum atomic E-state index is 9.87. The maximum Gasteiger partial charge on any atom is 0.119 e. The van der Waals surface area contributed by atoms with Crippen LogP contribution in [0.25, 0.3) is 0 Å². The third-order valence-corrected chi connectivity index (χ3v) is 4.08. The van der Waals surface area contributed by atoms with Crippen LogP contribution in [0.1, 0.15) is 36.9 Å². The van der Waals surface area contributed by atoms with Crippen molar-refractivity contribution >= 4 is 0 Å². The maximum absolute atomic E-state index is 9.87. The summed E-state index contributed by atoms with van der Waals surface area (Å²) in [7, 11) is 0. The molecular formula is C16H21N3O. The van der Waals surface area contributed by atoms with Gasteiger partial charge in [0.25, 0.3) is 0 Å². The van der Waals surface area contributed by atoms with Gasteiger partial charge in [-0.1, -0.05) is 12.1 Å². The van der Waals surface area contributed by atoms with Crippen LogP contribution in [0.3, 0.4) is 0 Å². The third kappa shape index (κ3) is 2.70. The minimum atomic E-state index is 0.365. The van der Waals surface area contributed by atoms with Crippen LogP contribution in [0.5, 0.6) is 5.75 Å². The average Bonchev–Trinajstić information content (AvgIpc) is 3.07. The summed E-state index contributed by atoms with van der Waals surface area (Å²) >= 11 is 0. The molecule has 1 aromatic heterocycles. The quantitative estimate of drug-likeness (QED) is 0.879. The number of rotatable bonds is 5. The second kappa shape index (κ2) is 5.67. The van der Waals surface area contributed by atoms with E-state index >= 15 is 0 Å². The van der Waals surface area contributed by atoms with Crippen LogP contribution in [0.2, 0.25) is 0 Å². The van der Waals surface area contributed by atoms with E-state index in [1.54, 1.807) is 6.07 Å². The number of aromatic nitrogens is 2. The van der Waals surface area contributed by atoms with Crippen molar-refractivity contribution in [1.82, 2.24) is 15.1 Å². The number of hydrogen-bond donors (Lipinski definition) is 2. The average molecular weight is 271 g/mol. The molecule has 2 unspecified atom stereocenters. The molecule has 0 radical (unpaired) electrons. The molecule has 2 N–H and O–H groups in total. The van der Waals surface area contributed by atoms with Gasteiger partial charge in [-0.25, -0.2) is 0 Å². The van der Waals surface area contributed by atoms with Gasteiger partial charge in [0.1, 0.15) is 5.75 Å². The summed E-state index contributed by atoms with van der Waals surface area (Å²) in [5.74, 6) is 0.441. The molecule has 0 amide bonds. The van der Waals surface area contributed by atoms with Crippen molar-refractivity contribution in [2.24, 2.45) is 0 Å². The molecule has 0 aliphatic heterocycles. The number of aromatic hydroxyl groups is 1. The zero-order valence-corrected chi connectivity index (χ0v) is 11.8. The van der Waals surface area contributed by atoms with Crippen molar-refractivity contribution < 1.29 is 5.11 Å². The molecule has 1 heterocycles. The summed E-state index contributed by atoms with van der Waals surface area (Å²) in [5, 5.41) is 17.8. The lowest BCUT2D eigenvalue weighted by Gasteiger charge is -2.20. The van der Waals surface area contributed by atoms with Crippen molar-refractivity contribution in [3.63, 3.8) is 0 Å².